The fourth-order valence-corrected chi connectivity index (χ4v) is 3.12. The highest BCUT2D eigenvalue weighted by atomic mass is 31.2. The van der Waals surface area contributed by atoms with Crippen LogP contribution in [0.1, 0.15) is 0 Å². The van der Waals surface area contributed by atoms with E-state index in [1.165, 1.54) is 0 Å². The van der Waals surface area contributed by atoms with Crippen molar-refractivity contribution in [1.29, 1.82) is 0 Å². The van der Waals surface area contributed by atoms with Gasteiger partial charge in [-0.1, -0.05) is 0 Å². The SMILES string of the molecule is CN=P(C)(CNCCN(C)C)CNCCN(C)C. The Kier molecular flexibility index (Phi) is 9.97. The van der Waals surface area contributed by atoms with Gasteiger partial charge in [0.2, 0.25) is 0 Å². The Morgan fingerprint density at radius 1 is 0.889 bits per heavy atom. The normalized spacial score (nSPS) is 12.4. The second-order valence-electron chi connectivity index (χ2n) is 5.46. The van der Waals surface area contributed by atoms with Crippen molar-refractivity contribution < 1.29 is 0 Å². The van der Waals surface area contributed by atoms with Crippen LogP contribution < -0.4 is 10.6 Å². The molecule has 5 nitrogen and oxygen atoms in total. The van der Waals surface area contributed by atoms with E-state index >= 15 is 0 Å². The van der Waals surface area contributed by atoms with Gasteiger partial charge in [0.1, 0.15) is 0 Å². The quantitative estimate of drug-likeness (QED) is 0.455. The Bertz CT molecular complexity index is 233. The first-order valence-corrected chi connectivity index (χ1v) is 9.12. The van der Waals surface area contributed by atoms with Gasteiger partial charge in [0, 0.05) is 45.8 Å². The minimum Gasteiger partial charge on any atom is -0.310 e. The van der Waals surface area contributed by atoms with Crippen molar-refractivity contribution in [3.05, 3.63) is 0 Å². The van der Waals surface area contributed by atoms with E-state index in [1.54, 1.807) is 0 Å². The van der Waals surface area contributed by atoms with Gasteiger partial charge in [-0.05, 0) is 41.9 Å². The molecule has 0 radical (unpaired) electrons. The third kappa shape index (κ3) is 10.0. The van der Waals surface area contributed by atoms with Crippen LogP contribution in [0, 0.1) is 0 Å². The van der Waals surface area contributed by atoms with Crippen LogP contribution in [0.2, 0.25) is 0 Å². The average molecular weight is 277 g/mol. The summed E-state index contributed by atoms with van der Waals surface area (Å²) in [7, 11) is 9.15. The van der Waals surface area contributed by atoms with Gasteiger partial charge >= 0.3 is 0 Å². The van der Waals surface area contributed by atoms with Gasteiger partial charge in [0.15, 0.2) is 0 Å². The average Bonchev–Trinajstić information content (AvgIpc) is 2.30. The van der Waals surface area contributed by atoms with E-state index in [1.807, 2.05) is 7.05 Å². The Hall–Kier alpha value is 0.0700. The molecule has 0 heterocycles. The lowest BCUT2D eigenvalue weighted by atomic mass is 10.6. The molecule has 0 aromatic carbocycles. The number of hydrogen-bond donors (Lipinski definition) is 2. The zero-order valence-electron chi connectivity index (χ0n) is 13.0. The first-order valence-electron chi connectivity index (χ1n) is 6.56. The van der Waals surface area contributed by atoms with Gasteiger partial charge in [0.05, 0.1) is 0 Å². The molecule has 0 unspecified atom stereocenters. The van der Waals surface area contributed by atoms with E-state index in [4.69, 9.17) is 0 Å². The summed E-state index contributed by atoms with van der Waals surface area (Å²) < 4.78 is 4.61. The number of hydrogen-bond acceptors (Lipinski definition) is 5. The van der Waals surface area contributed by atoms with Crippen LogP contribution in [0.4, 0.5) is 0 Å². The highest BCUT2D eigenvalue weighted by molar-refractivity contribution is 7.65. The monoisotopic (exact) mass is 277 g/mol. The number of rotatable bonds is 10. The van der Waals surface area contributed by atoms with Crippen LogP contribution >= 0.6 is 7.05 Å². The van der Waals surface area contributed by atoms with E-state index < -0.39 is 7.05 Å². The molecule has 6 heteroatoms. The van der Waals surface area contributed by atoms with E-state index in [0.29, 0.717) is 0 Å². The van der Waals surface area contributed by atoms with Gasteiger partial charge in [-0.2, -0.15) is 0 Å². The van der Waals surface area contributed by atoms with Crippen molar-refractivity contribution in [2.75, 3.05) is 80.7 Å². The Labute approximate surface area is 113 Å². The smallest absolute Gasteiger partial charge is 0.0315 e. The molecule has 0 saturated carbocycles. The van der Waals surface area contributed by atoms with Crippen molar-refractivity contribution in [2.45, 2.75) is 0 Å². The maximum absolute atomic E-state index is 4.61. The molecule has 0 fully saturated rings. The molecular weight excluding hydrogens is 245 g/mol. The molecule has 0 bridgehead atoms. The molecule has 0 atom stereocenters. The first-order chi connectivity index (χ1) is 8.39. The summed E-state index contributed by atoms with van der Waals surface area (Å²) in [6.45, 7) is 6.54. The van der Waals surface area contributed by atoms with Crippen molar-refractivity contribution >= 4 is 7.05 Å². The zero-order chi connectivity index (χ0) is 14.0. The second kappa shape index (κ2) is 9.93. The molecule has 0 aliphatic rings. The lowest BCUT2D eigenvalue weighted by molar-refractivity contribution is 0.404. The van der Waals surface area contributed by atoms with Gasteiger partial charge in [-0.15, -0.1) is 0 Å². The fraction of sp³-hybridized carbons (Fsp3) is 1.00. The summed E-state index contributed by atoms with van der Waals surface area (Å²) in [5.41, 5.74) is 0. The Morgan fingerprint density at radius 2 is 1.28 bits per heavy atom. The van der Waals surface area contributed by atoms with Crippen LogP contribution in [0.25, 0.3) is 0 Å². The molecule has 0 aliphatic carbocycles. The summed E-state index contributed by atoms with van der Waals surface area (Å²) in [5, 5.41) is 7.04. The summed E-state index contributed by atoms with van der Waals surface area (Å²) in [6, 6.07) is 0. The summed E-state index contributed by atoms with van der Waals surface area (Å²) in [4.78, 5) is 4.39. The molecule has 0 rings (SSSR count). The molecule has 110 valence electrons. The van der Waals surface area contributed by atoms with E-state index in [-0.39, 0.29) is 0 Å². The lowest BCUT2D eigenvalue weighted by Gasteiger charge is -2.22. The van der Waals surface area contributed by atoms with Crippen molar-refractivity contribution in [3.8, 4) is 0 Å². The van der Waals surface area contributed by atoms with E-state index in [0.717, 1.165) is 38.8 Å². The van der Waals surface area contributed by atoms with Gasteiger partial charge < -0.3 is 25.2 Å². The zero-order valence-corrected chi connectivity index (χ0v) is 13.9. The molecule has 0 amide bonds. The number of nitrogens with zero attached hydrogens (tertiary/aromatic N) is 3. The molecule has 0 spiro atoms. The predicted octanol–water partition coefficient (Wildman–Crippen LogP) is 0.665. The standard InChI is InChI=1S/C12H32N5P/c1-13-18(6,11-14-7-9-16(2)3)12-15-8-10-17(4)5/h14-15H,7-12H2,1-6H3. The van der Waals surface area contributed by atoms with Crippen molar-refractivity contribution in [3.63, 3.8) is 0 Å². The number of nitrogens with one attached hydrogen (secondary N) is 2. The summed E-state index contributed by atoms with van der Waals surface area (Å²) in [5.74, 6) is 0. The van der Waals surface area contributed by atoms with Crippen LogP contribution in [-0.4, -0.2) is 90.5 Å². The molecule has 0 aromatic rings. The van der Waals surface area contributed by atoms with Crippen LogP contribution in [0.3, 0.4) is 0 Å². The van der Waals surface area contributed by atoms with E-state index in [2.05, 4.69) is 60.0 Å². The molecular formula is C12H32N5P. The highest BCUT2D eigenvalue weighted by Crippen LogP contribution is 2.41. The second-order valence-corrected chi connectivity index (χ2v) is 9.17. The third-order valence-corrected chi connectivity index (χ3v) is 5.63. The third-order valence-electron chi connectivity index (χ3n) is 2.86. The maximum atomic E-state index is 4.61. The summed E-state index contributed by atoms with van der Waals surface area (Å²) >= 11 is 0. The minimum absolute atomic E-state index is 1.03. The first kappa shape index (κ1) is 18.1. The highest BCUT2D eigenvalue weighted by Gasteiger charge is 2.10. The van der Waals surface area contributed by atoms with Crippen molar-refractivity contribution in [1.82, 2.24) is 20.4 Å². The van der Waals surface area contributed by atoms with E-state index in [9.17, 15) is 0 Å². The topological polar surface area (TPSA) is 42.9 Å². The molecule has 2 N–H and O–H groups in total. The van der Waals surface area contributed by atoms with Crippen molar-refractivity contribution in [2.24, 2.45) is 4.74 Å². The van der Waals surface area contributed by atoms with Crippen LogP contribution in [0.15, 0.2) is 4.74 Å². The molecule has 0 aromatic heterocycles. The predicted molar refractivity (Wildman–Crippen MR) is 84.0 cm³/mol. The molecule has 0 aliphatic heterocycles. The Balaban J connectivity index is 3.82. The largest absolute Gasteiger partial charge is 0.310 e. The van der Waals surface area contributed by atoms with Gasteiger partial charge in [-0.3, -0.25) is 0 Å². The minimum atomic E-state index is -1.20. The lowest BCUT2D eigenvalue weighted by Crippen LogP contribution is -2.30. The van der Waals surface area contributed by atoms with Crippen LogP contribution in [-0.2, 0) is 0 Å². The van der Waals surface area contributed by atoms with Gasteiger partial charge in [-0.25, -0.2) is 0 Å². The molecule has 18 heavy (non-hydrogen) atoms. The maximum Gasteiger partial charge on any atom is 0.0315 e. The number of likely N-dealkylation sites (N-methyl/N-ethyl adjacent to an activating group) is 2. The Morgan fingerprint density at radius 3 is 1.56 bits per heavy atom. The van der Waals surface area contributed by atoms with Gasteiger partial charge in [0.25, 0.3) is 0 Å². The van der Waals surface area contributed by atoms with Crippen LogP contribution in [0.5, 0.6) is 0 Å². The summed E-state index contributed by atoms with van der Waals surface area (Å²) in [6.07, 6.45) is 2.07. The molecule has 0 saturated heterocycles. The fourth-order valence-electron chi connectivity index (χ4n) is 1.44.